The fraction of sp³-hybridized carbons (Fsp3) is 0.348. The average molecular weight is 408 g/mol. The van der Waals surface area contributed by atoms with Gasteiger partial charge in [0, 0.05) is 24.8 Å². The maximum Gasteiger partial charge on any atom is 0.247 e. The van der Waals surface area contributed by atoms with Crippen molar-refractivity contribution in [2.24, 2.45) is 0 Å². The first-order chi connectivity index (χ1) is 14.1. The van der Waals surface area contributed by atoms with Crippen LogP contribution in [0.1, 0.15) is 42.9 Å². The van der Waals surface area contributed by atoms with Gasteiger partial charge in [-0.1, -0.05) is 67.4 Å². The van der Waals surface area contributed by atoms with Gasteiger partial charge in [0.1, 0.15) is 10.6 Å². The van der Waals surface area contributed by atoms with E-state index in [1.807, 2.05) is 53.2 Å². The molecule has 5 nitrogen and oxygen atoms in total. The summed E-state index contributed by atoms with van der Waals surface area (Å²) in [4.78, 5) is 0.329. The quantitative estimate of drug-likeness (QED) is 0.644. The van der Waals surface area contributed by atoms with Crippen LogP contribution in [0.3, 0.4) is 0 Å². The van der Waals surface area contributed by atoms with E-state index in [9.17, 15) is 8.42 Å². The smallest absolute Gasteiger partial charge is 0.247 e. The number of rotatable bonds is 4. The highest BCUT2D eigenvalue weighted by atomic mass is 32.2. The fourth-order valence-electron chi connectivity index (χ4n) is 4.53. The molecule has 3 aromatic rings. The number of hydrogen-bond donors (Lipinski definition) is 0. The lowest BCUT2D eigenvalue weighted by Gasteiger charge is -2.27. The third kappa shape index (κ3) is 3.40. The lowest BCUT2D eigenvalue weighted by atomic mass is 10.0. The first kappa shape index (κ1) is 18.6. The largest absolute Gasteiger partial charge is 0.268 e. The topological polar surface area (TPSA) is 55.2 Å². The predicted molar refractivity (Wildman–Crippen MR) is 113 cm³/mol. The van der Waals surface area contributed by atoms with E-state index < -0.39 is 10.0 Å². The van der Waals surface area contributed by atoms with Crippen LogP contribution in [0.4, 0.5) is 0 Å². The van der Waals surface area contributed by atoms with Crippen molar-refractivity contribution in [2.45, 2.75) is 49.6 Å². The second-order valence-electron chi connectivity index (χ2n) is 7.98. The van der Waals surface area contributed by atoms with E-state index in [1.54, 1.807) is 10.5 Å². The Morgan fingerprint density at radius 3 is 2.34 bits per heavy atom. The number of aromatic nitrogens is 2. The Morgan fingerprint density at radius 2 is 1.59 bits per heavy atom. The molecule has 0 radical (unpaired) electrons. The normalized spacial score (nSPS) is 18.1. The molecule has 6 heteroatoms. The van der Waals surface area contributed by atoms with E-state index in [0.29, 0.717) is 29.7 Å². The fourth-order valence-corrected chi connectivity index (χ4v) is 6.09. The van der Waals surface area contributed by atoms with Gasteiger partial charge in [-0.25, -0.2) is 8.42 Å². The highest BCUT2D eigenvalue weighted by Gasteiger charge is 2.33. The maximum absolute atomic E-state index is 13.7. The Morgan fingerprint density at radius 1 is 0.897 bits per heavy atom. The molecule has 0 N–H and O–H groups in total. The first-order valence-electron chi connectivity index (χ1n) is 10.3. The second-order valence-corrected chi connectivity index (χ2v) is 9.89. The molecule has 150 valence electrons. The summed E-state index contributed by atoms with van der Waals surface area (Å²) in [7, 11) is -3.64. The minimum atomic E-state index is -3.64. The molecule has 29 heavy (non-hydrogen) atoms. The van der Waals surface area contributed by atoms with Gasteiger partial charge in [0.2, 0.25) is 10.0 Å². The molecule has 0 unspecified atom stereocenters. The molecular weight excluding hydrogens is 382 g/mol. The molecule has 1 fully saturated rings. The van der Waals surface area contributed by atoms with Crippen molar-refractivity contribution in [2.75, 3.05) is 6.54 Å². The van der Waals surface area contributed by atoms with Gasteiger partial charge < -0.3 is 0 Å². The van der Waals surface area contributed by atoms with Gasteiger partial charge in [-0.2, -0.15) is 9.40 Å². The van der Waals surface area contributed by atoms with Crippen LogP contribution in [-0.2, 0) is 23.0 Å². The predicted octanol–water partition coefficient (Wildman–Crippen LogP) is 4.41. The summed E-state index contributed by atoms with van der Waals surface area (Å²) in [6, 6.07) is 18.1. The highest BCUT2D eigenvalue weighted by Crippen LogP contribution is 2.35. The highest BCUT2D eigenvalue weighted by molar-refractivity contribution is 7.89. The van der Waals surface area contributed by atoms with Crippen molar-refractivity contribution in [3.63, 3.8) is 0 Å². The lowest BCUT2D eigenvalue weighted by Crippen LogP contribution is -2.36. The Labute approximate surface area is 172 Å². The van der Waals surface area contributed by atoms with Crippen molar-refractivity contribution in [1.29, 1.82) is 0 Å². The third-order valence-electron chi connectivity index (χ3n) is 6.16. The average Bonchev–Trinajstić information content (AvgIpc) is 3.44. The van der Waals surface area contributed by atoms with Gasteiger partial charge in [0.15, 0.2) is 0 Å². The molecule has 1 saturated carbocycles. The summed E-state index contributed by atoms with van der Waals surface area (Å²) in [6.45, 7) is 0.920. The minimum absolute atomic E-state index is 0.295. The number of sulfonamides is 1. The number of hydrogen-bond acceptors (Lipinski definition) is 3. The zero-order valence-electron chi connectivity index (χ0n) is 16.4. The van der Waals surface area contributed by atoms with Crippen LogP contribution in [-0.4, -0.2) is 29.0 Å². The number of nitrogens with zero attached hydrogens (tertiary/aromatic N) is 3. The Kier molecular flexibility index (Phi) is 4.76. The van der Waals surface area contributed by atoms with Crippen molar-refractivity contribution < 1.29 is 8.42 Å². The van der Waals surface area contributed by atoms with Gasteiger partial charge in [-0.3, -0.25) is 4.68 Å². The van der Waals surface area contributed by atoms with Crippen LogP contribution in [0.15, 0.2) is 65.7 Å². The van der Waals surface area contributed by atoms with Crippen LogP contribution < -0.4 is 0 Å². The van der Waals surface area contributed by atoms with Gasteiger partial charge in [0.05, 0.1) is 6.04 Å². The first-order valence-corrected chi connectivity index (χ1v) is 11.8. The molecule has 2 aromatic carbocycles. The standard InChI is InChI=1S/C23H25N3O2S/c27-29(28,25-15-14-18-8-4-5-11-20(18)16-25)22-17-26(21-12-6-7-13-21)24-23(22)19-9-2-1-3-10-19/h1-5,8-11,17,21H,6-7,12-16H2. The number of fused-ring (bicyclic) bond motifs is 1. The second kappa shape index (κ2) is 7.43. The molecule has 1 aromatic heterocycles. The molecule has 0 saturated heterocycles. The minimum Gasteiger partial charge on any atom is -0.268 e. The summed E-state index contributed by atoms with van der Waals surface area (Å²) in [6.07, 6.45) is 6.99. The molecule has 5 rings (SSSR count). The maximum atomic E-state index is 13.7. The van der Waals surface area contributed by atoms with E-state index in [4.69, 9.17) is 5.10 Å². The number of benzene rings is 2. The van der Waals surface area contributed by atoms with E-state index >= 15 is 0 Å². The molecule has 1 aliphatic carbocycles. The third-order valence-corrected chi connectivity index (χ3v) is 8.00. The summed E-state index contributed by atoms with van der Waals surface area (Å²) in [5, 5.41) is 4.78. The van der Waals surface area contributed by atoms with E-state index in [0.717, 1.165) is 30.4 Å². The van der Waals surface area contributed by atoms with E-state index in [2.05, 4.69) is 6.07 Å². The summed E-state index contributed by atoms with van der Waals surface area (Å²) >= 11 is 0. The van der Waals surface area contributed by atoms with Crippen molar-refractivity contribution in [3.05, 3.63) is 71.9 Å². The SMILES string of the molecule is O=S(=O)(c1cn(C2CCCC2)nc1-c1ccccc1)N1CCc2ccccc2C1. The molecule has 0 spiro atoms. The monoisotopic (exact) mass is 407 g/mol. The van der Waals surface area contributed by atoms with Crippen molar-refractivity contribution >= 4 is 10.0 Å². The molecule has 0 amide bonds. The van der Waals surface area contributed by atoms with Gasteiger partial charge in [-0.15, -0.1) is 0 Å². The lowest BCUT2D eigenvalue weighted by molar-refractivity contribution is 0.391. The van der Waals surface area contributed by atoms with Gasteiger partial charge in [0.25, 0.3) is 0 Å². The van der Waals surface area contributed by atoms with Crippen LogP contribution in [0.5, 0.6) is 0 Å². The summed E-state index contributed by atoms with van der Waals surface area (Å²) in [5.74, 6) is 0. The van der Waals surface area contributed by atoms with Crippen molar-refractivity contribution in [1.82, 2.24) is 14.1 Å². The molecule has 0 bridgehead atoms. The van der Waals surface area contributed by atoms with Crippen LogP contribution in [0.25, 0.3) is 11.3 Å². The summed E-state index contributed by atoms with van der Waals surface area (Å²) < 4.78 is 30.9. The molecular formula is C23H25N3O2S. The molecule has 1 aliphatic heterocycles. The van der Waals surface area contributed by atoms with Crippen LogP contribution in [0, 0.1) is 0 Å². The Balaban J connectivity index is 1.57. The Hall–Kier alpha value is -2.44. The van der Waals surface area contributed by atoms with Gasteiger partial charge >= 0.3 is 0 Å². The van der Waals surface area contributed by atoms with Gasteiger partial charge in [-0.05, 0) is 30.4 Å². The zero-order chi connectivity index (χ0) is 19.8. The van der Waals surface area contributed by atoms with E-state index in [1.165, 1.54) is 18.4 Å². The van der Waals surface area contributed by atoms with Crippen LogP contribution in [0.2, 0.25) is 0 Å². The summed E-state index contributed by atoms with van der Waals surface area (Å²) in [5.41, 5.74) is 3.74. The molecule has 0 atom stereocenters. The van der Waals surface area contributed by atoms with Crippen molar-refractivity contribution in [3.8, 4) is 11.3 Å². The van der Waals surface area contributed by atoms with E-state index in [-0.39, 0.29) is 0 Å². The zero-order valence-corrected chi connectivity index (χ0v) is 17.2. The Bertz CT molecular complexity index is 1120. The molecule has 2 aliphatic rings. The van der Waals surface area contributed by atoms with Crippen LogP contribution >= 0.6 is 0 Å². The molecule has 2 heterocycles.